The lowest BCUT2D eigenvalue weighted by atomic mass is 10.1. The van der Waals surface area contributed by atoms with E-state index in [0.717, 1.165) is 43.9 Å². The Morgan fingerprint density at radius 2 is 1.89 bits per heavy atom. The number of nitrogens with one attached hydrogen (secondary N) is 1. The lowest BCUT2D eigenvalue weighted by Crippen LogP contribution is -2.22. The zero-order chi connectivity index (χ0) is 19.0. The number of benzene rings is 2. The first kappa shape index (κ1) is 17.5. The van der Waals surface area contributed by atoms with Gasteiger partial charge in [0.05, 0.1) is 10.7 Å². The van der Waals surface area contributed by atoms with Crippen LogP contribution in [-0.4, -0.2) is 10.9 Å². The molecule has 1 N–H and O–H groups in total. The number of thiazole rings is 1. The fraction of sp³-hybridized carbons (Fsp3) is 0.182. The Balaban J connectivity index is 1.47. The maximum Gasteiger partial charge on any atom is 0.287 e. The van der Waals surface area contributed by atoms with Gasteiger partial charge in [0.1, 0.15) is 5.58 Å². The van der Waals surface area contributed by atoms with Crippen molar-refractivity contribution in [1.82, 2.24) is 10.3 Å². The summed E-state index contributed by atoms with van der Waals surface area (Å²) in [5.74, 6) is 0.186. The van der Waals surface area contributed by atoms with Crippen molar-refractivity contribution in [2.24, 2.45) is 0 Å². The summed E-state index contributed by atoms with van der Waals surface area (Å²) >= 11 is 1.64. The van der Waals surface area contributed by atoms with Crippen molar-refractivity contribution in [3.05, 3.63) is 75.3 Å². The number of amides is 1. The van der Waals surface area contributed by atoms with Gasteiger partial charge in [0.2, 0.25) is 0 Å². The first-order chi connectivity index (χ1) is 13.0. The highest BCUT2D eigenvalue weighted by Gasteiger charge is 2.17. The van der Waals surface area contributed by atoms with E-state index >= 15 is 0 Å². The van der Waals surface area contributed by atoms with Crippen molar-refractivity contribution >= 4 is 28.2 Å². The lowest BCUT2D eigenvalue weighted by Gasteiger charge is -2.05. The fourth-order valence-electron chi connectivity index (χ4n) is 3.10. The molecule has 0 fully saturated rings. The normalized spacial score (nSPS) is 11.1. The molecule has 0 bridgehead atoms. The molecule has 4 aromatic rings. The largest absolute Gasteiger partial charge is 0.451 e. The maximum absolute atomic E-state index is 12.6. The summed E-state index contributed by atoms with van der Waals surface area (Å²) in [4.78, 5) is 17.1. The van der Waals surface area contributed by atoms with Crippen LogP contribution in [0.1, 0.15) is 32.3 Å². The van der Waals surface area contributed by atoms with E-state index in [4.69, 9.17) is 4.42 Å². The van der Waals surface area contributed by atoms with Gasteiger partial charge in [0.25, 0.3) is 5.91 Å². The molecule has 136 valence electrons. The molecule has 2 heterocycles. The Kier molecular flexibility index (Phi) is 4.54. The number of fused-ring (bicyclic) bond motifs is 1. The van der Waals surface area contributed by atoms with E-state index in [1.807, 2.05) is 63.2 Å². The first-order valence-electron chi connectivity index (χ1n) is 8.80. The van der Waals surface area contributed by atoms with Crippen LogP contribution >= 0.6 is 11.3 Å². The van der Waals surface area contributed by atoms with E-state index in [0.29, 0.717) is 12.3 Å². The van der Waals surface area contributed by atoms with Crippen molar-refractivity contribution in [2.45, 2.75) is 27.3 Å². The number of hydrogen-bond donors (Lipinski definition) is 1. The molecule has 4 nitrogen and oxygen atoms in total. The Morgan fingerprint density at radius 1 is 1.11 bits per heavy atom. The summed E-state index contributed by atoms with van der Waals surface area (Å²) in [6, 6.07) is 14.0. The van der Waals surface area contributed by atoms with Crippen LogP contribution in [0, 0.1) is 20.8 Å². The summed E-state index contributed by atoms with van der Waals surface area (Å²) in [6.45, 7) is 6.40. The number of nitrogens with zero attached hydrogens (tertiary/aromatic N) is 1. The number of furan rings is 1. The second-order valence-electron chi connectivity index (χ2n) is 6.69. The second kappa shape index (κ2) is 7.00. The summed E-state index contributed by atoms with van der Waals surface area (Å²) in [5.41, 5.74) is 5.86. The van der Waals surface area contributed by atoms with Crippen LogP contribution in [0.5, 0.6) is 0 Å². The van der Waals surface area contributed by atoms with Crippen LogP contribution in [0.25, 0.3) is 22.2 Å². The van der Waals surface area contributed by atoms with E-state index in [1.54, 1.807) is 11.3 Å². The molecular weight excluding hydrogens is 356 g/mol. The number of aromatic nitrogens is 1. The van der Waals surface area contributed by atoms with Gasteiger partial charge in [-0.2, -0.15) is 0 Å². The zero-order valence-corrected chi connectivity index (χ0v) is 16.3. The lowest BCUT2D eigenvalue weighted by molar-refractivity contribution is 0.0924. The highest BCUT2D eigenvalue weighted by atomic mass is 32.1. The van der Waals surface area contributed by atoms with E-state index in [-0.39, 0.29) is 5.91 Å². The Labute approximate surface area is 161 Å². The highest BCUT2D eigenvalue weighted by Crippen LogP contribution is 2.26. The number of carbonyl (C=O) groups is 1. The minimum Gasteiger partial charge on any atom is -0.451 e. The SMILES string of the molecule is Cc1ccc2oc(C(=O)NCc3ccc(-c4csc(C)n4)cc3)c(C)c2c1. The van der Waals surface area contributed by atoms with Gasteiger partial charge < -0.3 is 9.73 Å². The molecule has 0 aliphatic rings. The van der Waals surface area contributed by atoms with Crippen molar-refractivity contribution in [3.8, 4) is 11.3 Å². The standard InChI is InChI=1S/C22H20N2O2S/c1-13-4-9-20-18(10-13)14(2)21(26-20)22(25)23-11-16-5-7-17(8-6-16)19-12-27-15(3)24-19/h4-10,12H,11H2,1-3H3,(H,23,25). The summed E-state index contributed by atoms with van der Waals surface area (Å²) in [7, 11) is 0. The van der Waals surface area contributed by atoms with E-state index in [2.05, 4.69) is 15.7 Å². The first-order valence-corrected chi connectivity index (χ1v) is 9.68. The predicted octanol–water partition coefficient (Wildman–Crippen LogP) is 5.41. The van der Waals surface area contributed by atoms with Gasteiger partial charge in [0.15, 0.2) is 5.76 Å². The number of hydrogen-bond acceptors (Lipinski definition) is 4. The van der Waals surface area contributed by atoms with Gasteiger partial charge in [-0.1, -0.05) is 35.9 Å². The minimum atomic E-state index is -0.194. The average molecular weight is 376 g/mol. The molecule has 0 saturated heterocycles. The third-order valence-corrected chi connectivity index (χ3v) is 5.39. The van der Waals surface area contributed by atoms with E-state index < -0.39 is 0 Å². The van der Waals surface area contributed by atoms with Gasteiger partial charge in [-0.3, -0.25) is 4.79 Å². The molecule has 0 saturated carbocycles. The quantitative estimate of drug-likeness (QED) is 0.518. The fourth-order valence-corrected chi connectivity index (χ4v) is 3.73. The van der Waals surface area contributed by atoms with Gasteiger partial charge in [0, 0.05) is 28.4 Å². The maximum atomic E-state index is 12.6. The highest BCUT2D eigenvalue weighted by molar-refractivity contribution is 7.09. The Bertz CT molecular complexity index is 1120. The molecule has 0 aliphatic heterocycles. The molecule has 1 amide bonds. The predicted molar refractivity (Wildman–Crippen MR) is 109 cm³/mol. The van der Waals surface area contributed by atoms with Crippen LogP contribution in [0.15, 0.2) is 52.3 Å². The Hall–Kier alpha value is -2.92. The summed E-state index contributed by atoms with van der Waals surface area (Å²) < 4.78 is 5.76. The molecule has 0 unspecified atom stereocenters. The number of rotatable bonds is 4. The topological polar surface area (TPSA) is 55.1 Å². The molecule has 0 radical (unpaired) electrons. The van der Waals surface area contributed by atoms with Gasteiger partial charge in [-0.05, 0) is 38.5 Å². The smallest absolute Gasteiger partial charge is 0.287 e. The number of carbonyl (C=O) groups excluding carboxylic acids is 1. The van der Waals surface area contributed by atoms with Gasteiger partial charge >= 0.3 is 0 Å². The van der Waals surface area contributed by atoms with Crippen molar-refractivity contribution in [2.75, 3.05) is 0 Å². The van der Waals surface area contributed by atoms with Crippen LogP contribution in [-0.2, 0) is 6.54 Å². The van der Waals surface area contributed by atoms with Crippen LogP contribution in [0.3, 0.4) is 0 Å². The number of aryl methyl sites for hydroxylation is 3. The van der Waals surface area contributed by atoms with Crippen LogP contribution < -0.4 is 5.32 Å². The zero-order valence-electron chi connectivity index (χ0n) is 15.5. The molecule has 0 spiro atoms. The third-order valence-electron chi connectivity index (χ3n) is 4.62. The Morgan fingerprint density at radius 3 is 2.59 bits per heavy atom. The van der Waals surface area contributed by atoms with Gasteiger partial charge in [-0.25, -0.2) is 4.98 Å². The molecule has 2 aromatic heterocycles. The van der Waals surface area contributed by atoms with Crippen molar-refractivity contribution < 1.29 is 9.21 Å². The minimum absolute atomic E-state index is 0.194. The molecule has 4 rings (SSSR count). The molecule has 0 atom stereocenters. The summed E-state index contributed by atoms with van der Waals surface area (Å²) in [6.07, 6.45) is 0. The second-order valence-corrected chi connectivity index (χ2v) is 7.75. The molecule has 2 aromatic carbocycles. The third kappa shape index (κ3) is 3.51. The van der Waals surface area contributed by atoms with Gasteiger partial charge in [-0.15, -0.1) is 11.3 Å². The summed E-state index contributed by atoms with van der Waals surface area (Å²) in [5, 5.41) is 7.04. The average Bonchev–Trinajstić information content (AvgIpc) is 3.24. The molecular formula is C22H20N2O2S. The van der Waals surface area contributed by atoms with Crippen LogP contribution in [0.2, 0.25) is 0 Å². The monoisotopic (exact) mass is 376 g/mol. The molecule has 5 heteroatoms. The van der Waals surface area contributed by atoms with Crippen molar-refractivity contribution in [1.29, 1.82) is 0 Å². The van der Waals surface area contributed by atoms with Crippen molar-refractivity contribution in [3.63, 3.8) is 0 Å². The van der Waals surface area contributed by atoms with Crippen LogP contribution in [0.4, 0.5) is 0 Å². The molecule has 27 heavy (non-hydrogen) atoms. The molecule has 0 aliphatic carbocycles. The van der Waals surface area contributed by atoms with E-state index in [9.17, 15) is 4.79 Å². The van der Waals surface area contributed by atoms with E-state index in [1.165, 1.54) is 0 Å².